The zero-order chi connectivity index (χ0) is 10.0. The average molecular weight is 176 g/mol. The van der Waals surface area contributed by atoms with Crippen molar-refractivity contribution >= 4 is 0 Å². The Labute approximate surface area is 79.7 Å². The smallest absolute Gasteiger partial charge is 0.118 e. The molecule has 1 heteroatoms. The molecule has 0 aromatic heterocycles. The minimum Gasteiger partial charge on any atom is -0.508 e. The Bertz CT molecular complexity index is 337. The van der Waals surface area contributed by atoms with E-state index >= 15 is 0 Å². The Morgan fingerprint density at radius 2 is 2.00 bits per heavy atom. The summed E-state index contributed by atoms with van der Waals surface area (Å²) in [5.41, 5.74) is 4.52. The first-order valence-corrected chi connectivity index (χ1v) is 4.44. The summed E-state index contributed by atoms with van der Waals surface area (Å²) >= 11 is 0. The fraction of sp³-hybridized carbons (Fsp3) is 0.333. The van der Waals surface area contributed by atoms with E-state index in [1.54, 1.807) is 6.07 Å². The molecular formula is C12H16O. The van der Waals surface area contributed by atoms with Crippen molar-refractivity contribution in [3.8, 4) is 5.75 Å². The van der Waals surface area contributed by atoms with E-state index in [1.807, 2.05) is 19.9 Å². The van der Waals surface area contributed by atoms with Gasteiger partial charge in [0.25, 0.3) is 0 Å². The molecule has 1 rings (SSSR count). The van der Waals surface area contributed by atoms with Crippen LogP contribution >= 0.6 is 0 Å². The van der Waals surface area contributed by atoms with Gasteiger partial charge in [0.2, 0.25) is 0 Å². The summed E-state index contributed by atoms with van der Waals surface area (Å²) < 4.78 is 0. The van der Waals surface area contributed by atoms with Crippen molar-refractivity contribution in [2.45, 2.75) is 27.2 Å². The van der Waals surface area contributed by atoms with Crippen molar-refractivity contribution in [1.29, 1.82) is 0 Å². The number of aromatic hydroxyl groups is 1. The third kappa shape index (κ3) is 2.11. The number of phenolic OH excluding ortho intramolecular Hbond substituents is 1. The predicted octanol–water partition coefficient (Wildman–Crippen LogP) is 3.13. The van der Waals surface area contributed by atoms with Crippen molar-refractivity contribution < 1.29 is 5.11 Å². The van der Waals surface area contributed by atoms with Crippen LogP contribution in [-0.2, 0) is 6.42 Å². The lowest BCUT2D eigenvalue weighted by Crippen LogP contribution is -1.94. The summed E-state index contributed by atoms with van der Waals surface area (Å²) in [6.45, 7) is 9.89. The highest BCUT2D eigenvalue weighted by Gasteiger charge is 2.06. The molecule has 0 saturated carbocycles. The van der Waals surface area contributed by atoms with E-state index in [-0.39, 0.29) is 0 Å². The van der Waals surface area contributed by atoms with E-state index in [2.05, 4.69) is 13.5 Å². The molecule has 0 fully saturated rings. The van der Waals surface area contributed by atoms with Crippen LogP contribution in [0.5, 0.6) is 5.75 Å². The van der Waals surface area contributed by atoms with E-state index in [0.717, 1.165) is 17.6 Å². The topological polar surface area (TPSA) is 20.2 Å². The molecule has 1 nitrogen and oxygen atoms in total. The molecular weight excluding hydrogens is 160 g/mol. The Hall–Kier alpha value is -1.24. The van der Waals surface area contributed by atoms with Crippen LogP contribution in [0.25, 0.3) is 0 Å². The Morgan fingerprint density at radius 3 is 2.54 bits per heavy atom. The van der Waals surface area contributed by atoms with Gasteiger partial charge in [-0.1, -0.05) is 18.2 Å². The molecule has 1 aromatic rings. The van der Waals surface area contributed by atoms with Crippen molar-refractivity contribution in [2.24, 2.45) is 0 Å². The number of allylic oxidation sites excluding steroid dienone is 1. The molecule has 1 N–H and O–H groups in total. The maximum absolute atomic E-state index is 9.51. The minimum absolute atomic E-state index is 0.377. The van der Waals surface area contributed by atoms with Gasteiger partial charge in [0.15, 0.2) is 0 Å². The van der Waals surface area contributed by atoms with Gasteiger partial charge in [-0.05, 0) is 49.9 Å². The second kappa shape index (κ2) is 3.65. The summed E-state index contributed by atoms with van der Waals surface area (Å²) in [5, 5.41) is 9.51. The molecule has 0 aliphatic heterocycles. The van der Waals surface area contributed by atoms with Gasteiger partial charge in [-0.2, -0.15) is 0 Å². The normalized spacial score (nSPS) is 10.1. The molecule has 0 bridgehead atoms. The van der Waals surface area contributed by atoms with Crippen LogP contribution < -0.4 is 0 Å². The molecule has 0 aliphatic carbocycles. The maximum atomic E-state index is 9.51. The zero-order valence-corrected chi connectivity index (χ0v) is 8.52. The molecule has 0 aliphatic rings. The first-order chi connectivity index (χ1) is 6.02. The molecule has 0 unspecified atom stereocenters. The number of aryl methyl sites for hydroxylation is 1. The van der Waals surface area contributed by atoms with Gasteiger partial charge in [-0.3, -0.25) is 0 Å². The molecule has 0 spiro atoms. The van der Waals surface area contributed by atoms with Crippen LogP contribution in [0.2, 0.25) is 0 Å². The van der Waals surface area contributed by atoms with Gasteiger partial charge >= 0.3 is 0 Å². The maximum Gasteiger partial charge on any atom is 0.118 e. The Morgan fingerprint density at radius 1 is 1.38 bits per heavy atom. The first kappa shape index (κ1) is 9.85. The lowest BCUT2D eigenvalue weighted by atomic mass is 9.96. The van der Waals surface area contributed by atoms with Crippen LogP contribution in [0, 0.1) is 13.8 Å². The summed E-state index contributed by atoms with van der Waals surface area (Å²) in [6.07, 6.45) is 0.853. The lowest BCUT2D eigenvalue weighted by Gasteiger charge is -2.10. The number of phenols is 1. The highest BCUT2D eigenvalue weighted by molar-refractivity contribution is 5.44. The number of benzene rings is 1. The third-order valence-electron chi connectivity index (χ3n) is 2.28. The quantitative estimate of drug-likeness (QED) is 0.686. The number of rotatable bonds is 2. The third-order valence-corrected chi connectivity index (χ3v) is 2.28. The Kier molecular flexibility index (Phi) is 2.76. The van der Waals surface area contributed by atoms with Gasteiger partial charge in [0, 0.05) is 0 Å². The average Bonchev–Trinajstić information content (AvgIpc) is 2.05. The second-order valence-corrected chi connectivity index (χ2v) is 3.64. The van der Waals surface area contributed by atoms with Gasteiger partial charge in [-0.25, -0.2) is 0 Å². The molecule has 0 amide bonds. The van der Waals surface area contributed by atoms with Crippen LogP contribution in [0.15, 0.2) is 24.3 Å². The van der Waals surface area contributed by atoms with E-state index in [0.29, 0.717) is 5.75 Å². The lowest BCUT2D eigenvalue weighted by molar-refractivity contribution is 0.470. The van der Waals surface area contributed by atoms with E-state index < -0.39 is 0 Å². The molecule has 1 aromatic carbocycles. The van der Waals surface area contributed by atoms with E-state index in [1.165, 1.54) is 11.1 Å². The van der Waals surface area contributed by atoms with Crippen molar-refractivity contribution in [1.82, 2.24) is 0 Å². The monoisotopic (exact) mass is 176 g/mol. The molecule has 0 saturated heterocycles. The zero-order valence-electron chi connectivity index (χ0n) is 8.52. The second-order valence-electron chi connectivity index (χ2n) is 3.64. The Balaban J connectivity index is 3.17. The summed E-state index contributed by atoms with van der Waals surface area (Å²) in [7, 11) is 0. The first-order valence-electron chi connectivity index (χ1n) is 4.44. The molecule has 0 atom stereocenters. The SMILES string of the molecule is C=C(C)Cc1c(C)ccc(O)c1C. The van der Waals surface area contributed by atoms with Gasteiger partial charge in [0.05, 0.1) is 0 Å². The highest BCUT2D eigenvalue weighted by atomic mass is 16.3. The minimum atomic E-state index is 0.377. The van der Waals surface area contributed by atoms with Gasteiger partial charge in [0.1, 0.15) is 5.75 Å². The number of hydrogen-bond donors (Lipinski definition) is 1. The van der Waals surface area contributed by atoms with Gasteiger partial charge < -0.3 is 5.11 Å². The van der Waals surface area contributed by atoms with Crippen LogP contribution in [0.1, 0.15) is 23.6 Å². The number of hydrogen-bond acceptors (Lipinski definition) is 1. The fourth-order valence-corrected chi connectivity index (χ4v) is 1.45. The largest absolute Gasteiger partial charge is 0.508 e. The predicted molar refractivity (Wildman–Crippen MR) is 56.1 cm³/mol. The van der Waals surface area contributed by atoms with Crippen LogP contribution in [-0.4, -0.2) is 5.11 Å². The molecule has 13 heavy (non-hydrogen) atoms. The van der Waals surface area contributed by atoms with Crippen LogP contribution in [0.4, 0.5) is 0 Å². The van der Waals surface area contributed by atoms with Crippen molar-refractivity contribution in [3.05, 3.63) is 41.0 Å². The molecule has 0 radical (unpaired) electrons. The summed E-state index contributed by atoms with van der Waals surface area (Å²) in [6, 6.07) is 3.69. The van der Waals surface area contributed by atoms with E-state index in [4.69, 9.17) is 0 Å². The fourth-order valence-electron chi connectivity index (χ4n) is 1.45. The van der Waals surface area contributed by atoms with Crippen LogP contribution in [0.3, 0.4) is 0 Å². The molecule has 70 valence electrons. The van der Waals surface area contributed by atoms with E-state index in [9.17, 15) is 5.11 Å². The standard InChI is InChI=1S/C12H16O/c1-8(2)7-11-9(3)5-6-12(13)10(11)4/h5-6,13H,1,7H2,2-4H3. The van der Waals surface area contributed by atoms with Crippen molar-refractivity contribution in [3.63, 3.8) is 0 Å². The summed E-state index contributed by atoms with van der Waals surface area (Å²) in [5.74, 6) is 0.377. The highest BCUT2D eigenvalue weighted by Crippen LogP contribution is 2.24. The summed E-state index contributed by atoms with van der Waals surface area (Å²) in [4.78, 5) is 0. The molecule has 0 heterocycles. The van der Waals surface area contributed by atoms with Crippen molar-refractivity contribution in [2.75, 3.05) is 0 Å². The van der Waals surface area contributed by atoms with Gasteiger partial charge in [-0.15, -0.1) is 0 Å².